The number of ether oxygens (including phenoxy) is 2. The third-order valence-electron chi connectivity index (χ3n) is 4.09. The second-order valence-electron chi connectivity index (χ2n) is 7.33. The molecule has 1 unspecified atom stereocenters. The second-order valence-corrected chi connectivity index (χ2v) is 7.33. The predicted molar refractivity (Wildman–Crippen MR) is 91.8 cm³/mol. The highest BCUT2D eigenvalue weighted by molar-refractivity contribution is 5.68. The largest absolute Gasteiger partial charge is 0.492 e. The molecule has 0 radical (unpaired) electrons. The molecule has 1 atom stereocenters. The fraction of sp³-hybridized carbons (Fsp3) is 0.579. The summed E-state index contributed by atoms with van der Waals surface area (Å²) in [6, 6.07) is 3.26. The summed E-state index contributed by atoms with van der Waals surface area (Å²) in [5.74, 6) is -1.87. The molecule has 1 aliphatic rings. The lowest BCUT2D eigenvalue weighted by Crippen LogP contribution is -2.46. The fourth-order valence-electron chi connectivity index (χ4n) is 2.94. The van der Waals surface area contributed by atoms with Gasteiger partial charge in [0.25, 0.3) is 0 Å². The molecule has 7 heteroatoms. The van der Waals surface area contributed by atoms with Gasteiger partial charge in [-0.2, -0.15) is 5.26 Å². The Morgan fingerprint density at radius 2 is 2.08 bits per heavy atom. The van der Waals surface area contributed by atoms with Crippen LogP contribution >= 0.6 is 0 Å². The number of benzene rings is 1. The van der Waals surface area contributed by atoms with Crippen molar-refractivity contribution in [3.05, 3.63) is 29.3 Å². The highest BCUT2D eigenvalue weighted by atomic mass is 19.1. The normalized spacial score (nSPS) is 17.5. The number of halogens is 2. The first-order valence-corrected chi connectivity index (χ1v) is 8.73. The summed E-state index contributed by atoms with van der Waals surface area (Å²) in [6.45, 7) is 6.19. The van der Waals surface area contributed by atoms with Crippen LogP contribution in [0, 0.1) is 23.0 Å². The number of hydrogen-bond donors (Lipinski definition) is 0. The van der Waals surface area contributed by atoms with E-state index in [-0.39, 0.29) is 30.1 Å². The average molecular weight is 366 g/mol. The van der Waals surface area contributed by atoms with Crippen LogP contribution in [0.4, 0.5) is 13.6 Å². The average Bonchev–Trinajstić information content (AvgIpc) is 2.53. The van der Waals surface area contributed by atoms with Crippen molar-refractivity contribution in [2.45, 2.75) is 58.1 Å². The van der Waals surface area contributed by atoms with Gasteiger partial charge in [-0.25, -0.2) is 13.6 Å². The van der Waals surface area contributed by atoms with Gasteiger partial charge in [-0.15, -0.1) is 0 Å². The Morgan fingerprint density at radius 3 is 2.73 bits per heavy atom. The molecule has 1 amide bonds. The predicted octanol–water partition coefficient (Wildman–Crippen LogP) is 4.39. The van der Waals surface area contributed by atoms with Crippen LogP contribution in [0.5, 0.6) is 5.75 Å². The first-order valence-electron chi connectivity index (χ1n) is 8.73. The molecule has 1 aromatic carbocycles. The van der Waals surface area contributed by atoms with E-state index in [1.54, 1.807) is 11.0 Å². The van der Waals surface area contributed by atoms with Crippen LogP contribution in [0.25, 0.3) is 0 Å². The van der Waals surface area contributed by atoms with Gasteiger partial charge in [-0.1, -0.05) is 0 Å². The lowest BCUT2D eigenvalue weighted by Gasteiger charge is -2.36. The van der Waals surface area contributed by atoms with Crippen LogP contribution in [-0.4, -0.2) is 35.8 Å². The van der Waals surface area contributed by atoms with E-state index in [9.17, 15) is 13.6 Å². The van der Waals surface area contributed by atoms with E-state index in [2.05, 4.69) is 0 Å². The Labute approximate surface area is 152 Å². The number of nitriles is 1. The van der Waals surface area contributed by atoms with Gasteiger partial charge < -0.3 is 14.4 Å². The summed E-state index contributed by atoms with van der Waals surface area (Å²) >= 11 is 0. The van der Waals surface area contributed by atoms with Crippen molar-refractivity contribution in [2.24, 2.45) is 0 Å². The van der Waals surface area contributed by atoms with E-state index in [1.807, 2.05) is 20.8 Å². The van der Waals surface area contributed by atoms with Crippen molar-refractivity contribution in [1.82, 2.24) is 4.90 Å². The van der Waals surface area contributed by atoms with Gasteiger partial charge in [0.05, 0.1) is 6.61 Å². The van der Waals surface area contributed by atoms with Crippen molar-refractivity contribution < 1.29 is 23.0 Å². The van der Waals surface area contributed by atoms with Crippen molar-refractivity contribution >= 4 is 6.09 Å². The Morgan fingerprint density at radius 1 is 1.35 bits per heavy atom. The lowest BCUT2D eigenvalue weighted by atomic mass is 10.0. The molecule has 0 spiro atoms. The van der Waals surface area contributed by atoms with Crippen LogP contribution in [0.15, 0.2) is 12.1 Å². The van der Waals surface area contributed by atoms with Crippen molar-refractivity contribution in [1.29, 1.82) is 5.26 Å². The molecule has 1 fully saturated rings. The molecule has 142 valence electrons. The van der Waals surface area contributed by atoms with Crippen LogP contribution < -0.4 is 4.74 Å². The summed E-state index contributed by atoms with van der Waals surface area (Å²) in [5.41, 5.74) is -0.893. The quantitative estimate of drug-likeness (QED) is 0.793. The number of carbonyl (C=O) groups is 1. The van der Waals surface area contributed by atoms with E-state index >= 15 is 0 Å². The maximum Gasteiger partial charge on any atom is 0.410 e. The Hall–Kier alpha value is -2.36. The fourth-order valence-corrected chi connectivity index (χ4v) is 2.94. The maximum absolute atomic E-state index is 13.6. The van der Waals surface area contributed by atoms with Gasteiger partial charge in [0.1, 0.15) is 34.6 Å². The van der Waals surface area contributed by atoms with Crippen molar-refractivity contribution in [2.75, 3.05) is 13.2 Å². The zero-order chi connectivity index (χ0) is 19.3. The van der Waals surface area contributed by atoms with E-state index in [1.165, 1.54) is 0 Å². The van der Waals surface area contributed by atoms with Gasteiger partial charge in [0, 0.05) is 31.1 Å². The van der Waals surface area contributed by atoms with E-state index in [0.717, 1.165) is 25.3 Å². The topological polar surface area (TPSA) is 62.6 Å². The molecule has 1 saturated heterocycles. The molecule has 1 heterocycles. The Kier molecular flexibility index (Phi) is 6.41. The van der Waals surface area contributed by atoms with Crippen molar-refractivity contribution in [3.63, 3.8) is 0 Å². The first kappa shape index (κ1) is 20.0. The number of likely N-dealkylation sites (tertiary alicyclic amines) is 1. The molecule has 0 aromatic heterocycles. The lowest BCUT2D eigenvalue weighted by molar-refractivity contribution is 0.00743. The van der Waals surface area contributed by atoms with Gasteiger partial charge in [-0.3, -0.25) is 0 Å². The molecule has 0 bridgehead atoms. The minimum atomic E-state index is -0.949. The first-order chi connectivity index (χ1) is 12.2. The molecule has 5 nitrogen and oxygen atoms in total. The van der Waals surface area contributed by atoms with Crippen LogP contribution in [0.1, 0.15) is 52.0 Å². The zero-order valence-electron chi connectivity index (χ0n) is 15.3. The summed E-state index contributed by atoms with van der Waals surface area (Å²) in [4.78, 5) is 14.1. The van der Waals surface area contributed by atoms with Gasteiger partial charge >= 0.3 is 6.09 Å². The number of nitrogens with zero attached hydrogens (tertiary/aromatic N) is 2. The molecule has 0 N–H and O–H groups in total. The molecule has 1 aromatic rings. The van der Waals surface area contributed by atoms with Crippen LogP contribution in [-0.2, 0) is 4.74 Å². The number of carbonyl (C=O) groups excluding carboxylic acids is 1. The monoisotopic (exact) mass is 366 g/mol. The summed E-state index contributed by atoms with van der Waals surface area (Å²) in [6.07, 6.45) is 2.83. The number of amides is 1. The smallest absolute Gasteiger partial charge is 0.410 e. The van der Waals surface area contributed by atoms with Crippen molar-refractivity contribution in [3.8, 4) is 11.8 Å². The standard InChI is InChI=1S/C19H24F2N2O3/c1-19(2,3)26-18(24)23-8-5-4-6-14(23)7-9-25-17-11-13(20)10-16(21)15(17)12-22/h10-11,14H,4-9H2,1-3H3. The number of rotatable bonds is 4. The van der Waals surface area contributed by atoms with Gasteiger partial charge in [-0.05, 0) is 40.0 Å². The SMILES string of the molecule is CC(C)(C)OC(=O)N1CCCCC1CCOc1cc(F)cc(F)c1C#N. The zero-order valence-corrected chi connectivity index (χ0v) is 15.3. The number of hydrogen-bond acceptors (Lipinski definition) is 4. The van der Waals surface area contributed by atoms with E-state index in [0.29, 0.717) is 19.0 Å². The molecule has 26 heavy (non-hydrogen) atoms. The highest BCUT2D eigenvalue weighted by Crippen LogP contribution is 2.25. The third-order valence-corrected chi connectivity index (χ3v) is 4.09. The molecule has 0 saturated carbocycles. The molecule has 2 rings (SSSR count). The Balaban J connectivity index is 1.99. The maximum atomic E-state index is 13.6. The third kappa shape index (κ3) is 5.32. The molecular weight excluding hydrogens is 342 g/mol. The van der Waals surface area contributed by atoms with E-state index in [4.69, 9.17) is 14.7 Å². The summed E-state index contributed by atoms with van der Waals surface area (Å²) < 4.78 is 37.8. The van der Waals surface area contributed by atoms with Crippen LogP contribution in [0.2, 0.25) is 0 Å². The minimum Gasteiger partial charge on any atom is -0.492 e. The van der Waals surface area contributed by atoms with Crippen LogP contribution in [0.3, 0.4) is 0 Å². The molecular formula is C19H24F2N2O3. The molecule has 1 aliphatic heterocycles. The Bertz CT molecular complexity index is 695. The van der Waals surface area contributed by atoms with E-state index < -0.39 is 17.2 Å². The number of piperidine rings is 1. The second kappa shape index (κ2) is 8.35. The highest BCUT2D eigenvalue weighted by Gasteiger charge is 2.30. The summed E-state index contributed by atoms with van der Waals surface area (Å²) in [5, 5.41) is 9.00. The molecule has 0 aliphatic carbocycles. The summed E-state index contributed by atoms with van der Waals surface area (Å²) in [7, 11) is 0. The van der Waals surface area contributed by atoms with Gasteiger partial charge in [0.15, 0.2) is 0 Å². The van der Waals surface area contributed by atoms with Gasteiger partial charge in [0.2, 0.25) is 0 Å². The minimum absolute atomic E-state index is 0.0671.